The van der Waals surface area contributed by atoms with Gasteiger partial charge in [-0.25, -0.2) is 9.50 Å². The van der Waals surface area contributed by atoms with E-state index in [2.05, 4.69) is 26.8 Å². The first-order valence-electron chi connectivity index (χ1n) is 8.33. The molecule has 1 unspecified atom stereocenters. The van der Waals surface area contributed by atoms with Gasteiger partial charge in [0.25, 0.3) is 0 Å². The molecule has 2 aliphatic heterocycles. The van der Waals surface area contributed by atoms with Crippen LogP contribution >= 0.6 is 0 Å². The molecule has 0 bridgehead atoms. The van der Waals surface area contributed by atoms with Crippen molar-refractivity contribution in [3.8, 4) is 0 Å². The van der Waals surface area contributed by atoms with Crippen LogP contribution in [0.2, 0.25) is 0 Å². The van der Waals surface area contributed by atoms with Crippen molar-refractivity contribution in [1.29, 1.82) is 0 Å². The van der Waals surface area contributed by atoms with Crippen LogP contribution in [0.25, 0.3) is 5.65 Å². The van der Waals surface area contributed by atoms with Crippen molar-refractivity contribution in [3.63, 3.8) is 0 Å². The molecule has 0 amide bonds. The Kier molecular flexibility index (Phi) is 3.24. The minimum absolute atomic E-state index is 0.445. The standard InChI is InChI=1S/C16H19N7O/c1-2-17-9-11(1)13-8-14(16-18-3-4-23(16)20-13)19-15-7-12-10-24-6-5-22(12)21-15/h3-4,7-8,11,17H,1-2,5-6,9-10H2,(H,19,21). The summed E-state index contributed by atoms with van der Waals surface area (Å²) in [5.41, 5.74) is 3.93. The highest BCUT2D eigenvalue weighted by molar-refractivity contribution is 5.72. The predicted octanol–water partition coefficient (Wildman–Crippen LogP) is 1.28. The number of ether oxygens (including phenoxy) is 1. The van der Waals surface area contributed by atoms with Crippen molar-refractivity contribution in [3.05, 3.63) is 35.9 Å². The van der Waals surface area contributed by atoms with Gasteiger partial charge in [-0.15, -0.1) is 0 Å². The van der Waals surface area contributed by atoms with Crippen LogP contribution in [-0.4, -0.2) is 44.1 Å². The molecule has 0 spiro atoms. The number of anilines is 2. The lowest BCUT2D eigenvalue weighted by Crippen LogP contribution is -2.16. The molecule has 1 atom stereocenters. The van der Waals surface area contributed by atoms with Crippen LogP contribution in [0, 0.1) is 0 Å². The summed E-state index contributed by atoms with van der Waals surface area (Å²) in [6, 6.07) is 4.14. The summed E-state index contributed by atoms with van der Waals surface area (Å²) in [6.45, 7) is 4.15. The number of nitrogens with zero attached hydrogens (tertiary/aromatic N) is 5. The number of rotatable bonds is 3. The van der Waals surface area contributed by atoms with Crippen LogP contribution < -0.4 is 10.6 Å². The Labute approximate surface area is 138 Å². The van der Waals surface area contributed by atoms with E-state index in [4.69, 9.17) is 9.84 Å². The van der Waals surface area contributed by atoms with Crippen LogP contribution in [0.1, 0.15) is 23.7 Å². The van der Waals surface area contributed by atoms with E-state index in [1.54, 1.807) is 6.20 Å². The van der Waals surface area contributed by atoms with Gasteiger partial charge in [0.1, 0.15) is 0 Å². The van der Waals surface area contributed by atoms with Crippen molar-refractivity contribution in [2.24, 2.45) is 0 Å². The molecule has 3 aromatic heterocycles. The van der Waals surface area contributed by atoms with Crippen molar-refractivity contribution in [2.45, 2.75) is 25.5 Å². The molecule has 2 N–H and O–H groups in total. The van der Waals surface area contributed by atoms with Gasteiger partial charge >= 0.3 is 0 Å². The Balaban J connectivity index is 1.52. The highest BCUT2D eigenvalue weighted by Crippen LogP contribution is 2.27. The molecule has 0 radical (unpaired) electrons. The average Bonchev–Trinajstić information content (AvgIpc) is 3.34. The van der Waals surface area contributed by atoms with Gasteiger partial charge in [-0.3, -0.25) is 4.68 Å². The lowest BCUT2D eigenvalue weighted by Gasteiger charge is -2.13. The molecule has 3 aromatic rings. The highest BCUT2D eigenvalue weighted by Gasteiger charge is 2.21. The van der Waals surface area contributed by atoms with Crippen LogP contribution in [0.15, 0.2) is 24.5 Å². The van der Waals surface area contributed by atoms with Gasteiger partial charge < -0.3 is 15.4 Å². The average molecular weight is 325 g/mol. The molecule has 0 saturated carbocycles. The number of fused-ring (bicyclic) bond motifs is 2. The molecule has 8 heteroatoms. The molecule has 8 nitrogen and oxygen atoms in total. The Morgan fingerprint density at radius 3 is 3.17 bits per heavy atom. The Bertz CT molecular complexity index is 854. The molecule has 1 saturated heterocycles. The minimum Gasteiger partial charge on any atom is -0.373 e. The lowest BCUT2D eigenvalue weighted by atomic mass is 10.0. The largest absolute Gasteiger partial charge is 0.373 e. The second-order valence-electron chi connectivity index (χ2n) is 6.29. The van der Waals surface area contributed by atoms with Gasteiger partial charge in [-0.05, 0) is 19.0 Å². The van der Waals surface area contributed by atoms with E-state index in [-0.39, 0.29) is 0 Å². The summed E-state index contributed by atoms with van der Waals surface area (Å²) in [5, 5.41) is 16.2. The minimum atomic E-state index is 0.445. The van der Waals surface area contributed by atoms with Crippen LogP contribution in [0.5, 0.6) is 0 Å². The zero-order valence-electron chi connectivity index (χ0n) is 13.3. The Morgan fingerprint density at radius 1 is 1.29 bits per heavy atom. The first-order chi connectivity index (χ1) is 11.9. The topological polar surface area (TPSA) is 81.3 Å². The molecule has 5 heterocycles. The predicted molar refractivity (Wildman–Crippen MR) is 88.4 cm³/mol. The number of hydrogen-bond acceptors (Lipinski definition) is 6. The summed E-state index contributed by atoms with van der Waals surface area (Å²) < 4.78 is 9.32. The monoisotopic (exact) mass is 325 g/mol. The Morgan fingerprint density at radius 2 is 2.29 bits per heavy atom. The number of hydrogen-bond donors (Lipinski definition) is 2. The maximum atomic E-state index is 5.48. The van der Waals surface area contributed by atoms with Crippen molar-refractivity contribution in [1.82, 2.24) is 29.7 Å². The fourth-order valence-corrected chi connectivity index (χ4v) is 3.43. The molecule has 0 aliphatic carbocycles. The third kappa shape index (κ3) is 2.35. The van der Waals surface area contributed by atoms with Crippen molar-refractivity contribution < 1.29 is 4.74 Å². The van der Waals surface area contributed by atoms with Crippen molar-refractivity contribution >= 4 is 17.2 Å². The molecule has 5 rings (SSSR count). The summed E-state index contributed by atoms with van der Waals surface area (Å²) in [7, 11) is 0. The molecule has 2 aliphatic rings. The zero-order chi connectivity index (χ0) is 15.9. The highest BCUT2D eigenvalue weighted by atomic mass is 16.5. The molecule has 24 heavy (non-hydrogen) atoms. The molecular weight excluding hydrogens is 306 g/mol. The fourth-order valence-electron chi connectivity index (χ4n) is 3.43. The first kappa shape index (κ1) is 13.9. The zero-order valence-corrected chi connectivity index (χ0v) is 13.3. The Hall–Kier alpha value is -2.45. The normalized spacial score (nSPS) is 20.4. The summed E-state index contributed by atoms with van der Waals surface area (Å²) in [5.74, 6) is 1.27. The van der Waals surface area contributed by atoms with E-state index < -0.39 is 0 Å². The molecular formula is C16H19N7O. The second-order valence-corrected chi connectivity index (χ2v) is 6.29. The molecule has 0 aromatic carbocycles. The van der Waals surface area contributed by atoms with E-state index in [1.165, 1.54) is 0 Å². The number of nitrogens with one attached hydrogen (secondary N) is 2. The van der Waals surface area contributed by atoms with Gasteiger partial charge in [0.15, 0.2) is 11.5 Å². The van der Waals surface area contributed by atoms with Crippen LogP contribution in [0.3, 0.4) is 0 Å². The smallest absolute Gasteiger partial charge is 0.177 e. The lowest BCUT2D eigenvalue weighted by molar-refractivity contribution is 0.0801. The fraction of sp³-hybridized carbons (Fsp3) is 0.438. The van der Waals surface area contributed by atoms with Gasteiger partial charge in [-0.2, -0.15) is 10.2 Å². The maximum absolute atomic E-state index is 5.48. The molecule has 124 valence electrons. The van der Waals surface area contributed by atoms with E-state index in [0.29, 0.717) is 19.1 Å². The third-order valence-corrected chi connectivity index (χ3v) is 4.68. The SMILES string of the molecule is c1cn2nc(C3CCNC3)cc(Nc3cc4n(n3)CCOC4)c2n1. The first-order valence-corrected chi connectivity index (χ1v) is 8.33. The molecule has 1 fully saturated rings. The quantitative estimate of drug-likeness (QED) is 0.755. The third-order valence-electron chi connectivity index (χ3n) is 4.68. The van der Waals surface area contributed by atoms with E-state index in [0.717, 1.165) is 54.6 Å². The van der Waals surface area contributed by atoms with Crippen LogP contribution in [-0.2, 0) is 17.9 Å². The summed E-state index contributed by atoms with van der Waals surface area (Å²) in [6.07, 6.45) is 4.78. The summed E-state index contributed by atoms with van der Waals surface area (Å²) >= 11 is 0. The maximum Gasteiger partial charge on any atom is 0.177 e. The van der Waals surface area contributed by atoms with Gasteiger partial charge in [0.05, 0.1) is 36.8 Å². The number of aromatic nitrogens is 5. The second kappa shape index (κ2) is 5.57. The van der Waals surface area contributed by atoms with Crippen LogP contribution in [0.4, 0.5) is 11.5 Å². The van der Waals surface area contributed by atoms with E-state index in [1.807, 2.05) is 21.5 Å². The van der Waals surface area contributed by atoms with E-state index in [9.17, 15) is 0 Å². The van der Waals surface area contributed by atoms with Gasteiger partial charge in [0, 0.05) is 30.9 Å². The van der Waals surface area contributed by atoms with Gasteiger partial charge in [0.2, 0.25) is 0 Å². The summed E-state index contributed by atoms with van der Waals surface area (Å²) in [4.78, 5) is 4.43. The van der Waals surface area contributed by atoms with Gasteiger partial charge in [-0.1, -0.05) is 0 Å². The van der Waals surface area contributed by atoms with E-state index >= 15 is 0 Å². The number of imidazole rings is 1. The van der Waals surface area contributed by atoms with Crippen molar-refractivity contribution in [2.75, 3.05) is 25.0 Å².